The Morgan fingerprint density at radius 3 is 1.89 bits per heavy atom. The number of nitrogens with zero attached hydrogens (tertiary/aromatic N) is 1. The van der Waals surface area contributed by atoms with Gasteiger partial charge in [0.15, 0.2) is 11.6 Å². The number of nitrogens with one attached hydrogen (secondary N) is 1. The Bertz CT molecular complexity index is 1270. The van der Waals surface area contributed by atoms with Crippen molar-refractivity contribution in [1.29, 1.82) is 0 Å². The van der Waals surface area contributed by atoms with Crippen LogP contribution in [0.25, 0.3) is 0 Å². The van der Waals surface area contributed by atoms with Crippen LogP contribution in [0.3, 0.4) is 0 Å². The summed E-state index contributed by atoms with van der Waals surface area (Å²) in [5.41, 5.74) is 1.30. The molecular formula is C29H29FN2O5. The van der Waals surface area contributed by atoms with Gasteiger partial charge in [-0.3, -0.25) is 14.4 Å². The molecule has 3 N–H and O–H groups in total. The summed E-state index contributed by atoms with van der Waals surface area (Å²) in [5.74, 6) is -4.16. The molecule has 0 aromatic heterocycles. The highest BCUT2D eigenvalue weighted by molar-refractivity contribution is 6.03. The molecule has 0 bridgehead atoms. The van der Waals surface area contributed by atoms with Crippen LogP contribution in [0, 0.1) is 24.6 Å². The Hall–Kier alpha value is -4.04. The van der Waals surface area contributed by atoms with Crippen LogP contribution in [-0.4, -0.2) is 59.3 Å². The van der Waals surface area contributed by atoms with Gasteiger partial charge in [-0.25, -0.2) is 4.39 Å². The summed E-state index contributed by atoms with van der Waals surface area (Å²) < 4.78 is 14.7. The molecule has 1 aliphatic heterocycles. The van der Waals surface area contributed by atoms with E-state index >= 15 is 0 Å². The van der Waals surface area contributed by atoms with Crippen LogP contribution >= 0.6 is 0 Å². The number of phenolic OH excluding ortho intramolecular Hbond substituents is 2. The molecule has 4 rings (SSSR count). The lowest BCUT2D eigenvalue weighted by Crippen LogP contribution is -2.53. The fraction of sp³-hybridized carbons (Fsp3) is 0.276. The molecule has 1 saturated heterocycles. The maximum absolute atomic E-state index is 14.7. The Labute approximate surface area is 214 Å². The highest BCUT2D eigenvalue weighted by Gasteiger charge is 2.46. The van der Waals surface area contributed by atoms with E-state index in [2.05, 4.69) is 5.32 Å². The lowest BCUT2D eigenvalue weighted by molar-refractivity contribution is -0.132. The quantitative estimate of drug-likeness (QED) is 0.424. The number of phenols is 2. The minimum Gasteiger partial charge on any atom is -0.508 e. The van der Waals surface area contributed by atoms with E-state index in [0.29, 0.717) is 11.1 Å². The van der Waals surface area contributed by atoms with Crippen molar-refractivity contribution in [1.82, 2.24) is 10.2 Å². The second kappa shape index (κ2) is 10.9. The normalized spacial score (nSPS) is 19.4. The summed E-state index contributed by atoms with van der Waals surface area (Å²) in [6, 6.07) is 16.4. The average Bonchev–Trinajstić information content (AvgIpc) is 2.89. The van der Waals surface area contributed by atoms with E-state index in [4.69, 9.17) is 0 Å². The molecule has 2 atom stereocenters. The van der Waals surface area contributed by atoms with Gasteiger partial charge in [-0.1, -0.05) is 36.4 Å². The zero-order chi connectivity index (χ0) is 26.7. The third kappa shape index (κ3) is 5.39. The predicted molar refractivity (Wildman–Crippen MR) is 136 cm³/mol. The molecule has 1 amide bonds. The molecule has 192 valence electrons. The van der Waals surface area contributed by atoms with Crippen molar-refractivity contribution in [3.05, 3.63) is 94.8 Å². The first kappa shape index (κ1) is 26.0. The molecule has 0 spiro atoms. The van der Waals surface area contributed by atoms with Crippen molar-refractivity contribution in [2.75, 3.05) is 26.7 Å². The lowest BCUT2D eigenvalue weighted by Gasteiger charge is -2.43. The molecule has 7 nitrogen and oxygen atoms in total. The van der Waals surface area contributed by atoms with Crippen LogP contribution in [-0.2, 0) is 4.79 Å². The van der Waals surface area contributed by atoms with Gasteiger partial charge >= 0.3 is 0 Å². The van der Waals surface area contributed by atoms with Crippen LogP contribution in [0.5, 0.6) is 11.5 Å². The third-order valence-corrected chi connectivity index (χ3v) is 6.99. The van der Waals surface area contributed by atoms with Crippen molar-refractivity contribution in [2.45, 2.75) is 12.8 Å². The molecule has 0 saturated carbocycles. The van der Waals surface area contributed by atoms with Gasteiger partial charge in [0.1, 0.15) is 17.3 Å². The summed E-state index contributed by atoms with van der Waals surface area (Å²) in [7, 11) is 1.63. The number of likely N-dealkylation sites (tertiary alicyclic amines) is 1. The number of likely N-dealkylation sites (N-methyl/N-ethyl adjacent to an activating group) is 1. The summed E-state index contributed by atoms with van der Waals surface area (Å²) in [6.07, 6.45) is 0. The summed E-state index contributed by atoms with van der Waals surface area (Å²) >= 11 is 0. The largest absolute Gasteiger partial charge is 0.508 e. The maximum Gasteiger partial charge on any atom is 0.236 e. The van der Waals surface area contributed by atoms with Crippen LogP contribution in [0.1, 0.15) is 37.8 Å². The highest BCUT2D eigenvalue weighted by atomic mass is 19.1. The smallest absolute Gasteiger partial charge is 0.236 e. The topological polar surface area (TPSA) is 107 Å². The number of carbonyl (C=O) groups is 3. The van der Waals surface area contributed by atoms with Gasteiger partial charge in [0, 0.05) is 42.0 Å². The van der Waals surface area contributed by atoms with Crippen molar-refractivity contribution < 1.29 is 29.0 Å². The van der Waals surface area contributed by atoms with E-state index in [1.165, 1.54) is 35.2 Å². The zero-order valence-corrected chi connectivity index (χ0v) is 20.6. The molecule has 1 heterocycles. The fourth-order valence-electron chi connectivity index (χ4n) is 5.18. The van der Waals surface area contributed by atoms with Gasteiger partial charge in [0.25, 0.3) is 0 Å². The highest BCUT2D eigenvalue weighted by Crippen LogP contribution is 2.42. The second-order valence-corrected chi connectivity index (χ2v) is 9.35. The van der Waals surface area contributed by atoms with Gasteiger partial charge < -0.3 is 20.4 Å². The molecule has 1 fully saturated rings. The molecular weight excluding hydrogens is 475 g/mol. The first-order valence-electron chi connectivity index (χ1n) is 12.0. The number of rotatable bonds is 7. The van der Waals surface area contributed by atoms with Crippen LogP contribution in [0.4, 0.5) is 4.39 Å². The van der Waals surface area contributed by atoms with E-state index in [-0.39, 0.29) is 59.7 Å². The Morgan fingerprint density at radius 1 is 0.892 bits per heavy atom. The van der Waals surface area contributed by atoms with Crippen LogP contribution in [0.15, 0.2) is 66.7 Å². The third-order valence-electron chi connectivity index (χ3n) is 6.99. The minimum atomic E-state index is -0.886. The van der Waals surface area contributed by atoms with E-state index in [9.17, 15) is 29.0 Å². The van der Waals surface area contributed by atoms with Gasteiger partial charge in [0.05, 0.1) is 6.54 Å². The van der Waals surface area contributed by atoms with E-state index in [0.717, 1.165) is 0 Å². The fourth-order valence-corrected chi connectivity index (χ4v) is 5.18. The molecule has 0 radical (unpaired) electrons. The number of hydrogen-bond donors (Lipinski definition) is 3. The number of ketones is 2. The number of aromatic hydroxyl groups is 2. The number of piperidine rings is 1. The Morgan fingerprint density at radius 2 is 1.41 bits per heavy atom. The number of hydrogen-bond acceptors (Lipinski definition) is 6. The van der Waals surface area contributed by atoms with Crippen LogP contribution in [0.2, 0.25) is 0 Å². The predicted octanol–water partition coefficient (Wildman–Crippen LogP) is 3.69. The second-order valence-electron chi connectivity index (χ2n) is 9.35. The molecule has 3 aromatic rings. The number of amides is 1. The Balaban J connectivity index is 1.89. The monoisotopic (exact) mass is 504 g/mol. The van der Waals surface area contributed by atoms with Crippen molar-refractivity contribution in [2.24, 2.45) is 11.8 Å². The minimum absolute atomic E-state index is 0.0176. The summed E-state index contributed by atoms with van der Waals surface area (Å²) in [6.45, 7) is 1.68. The zero-order valence-electron chi connectivity index (χ0n) is 20.6. The first-order valence-corrected chi connectivity index (χ1v) is 12.0. The standard InChI is InChI=1S/C29H29FN2O5/c1-17-22(10-5-11-25(17)30)27-23(28(36)18-6-3-8-20(33)12-18)15-32(26(35)14-31-2)16-24(27)29(37)19-7-4-9-21(34)13-19/h3-13,23-24,27,31,33-34H,14-16H2,1-2H3. The maximum atomic E-state index is 14.7. The number of Topliss-reactive ketones (excluding diaryl/α,β-unsaturated/α-hetero) is 2. The van der Waals surface area contributed by atoms with Gasteiger partial charge in [-0.05, 0) is 55.4 Å². The van der Waals surface area contributed by atoms with Crippen LogP contribution < -0.4 is 5.32 Å². The van der Waals surface area contributed by atoms with E-state index in [1.54, 1.807) is 50.4 Å². The van der Waals surface area contributed by atoms with E-state index < -0.39 is 23.6 Å². The SMILES string of the molecule is CNCC(=O)N1CC(C(=O)c2cccc(O)c2)C(c2cccc(F)c2C)C(C(=O)c2cccc(O)c2)C1. The summed E-state index contributed by atoms with van der Waals surface area (Å²) in [5, 5.41) is 22.8. The van der Waals surface area contributed by atoms with Crippen molar-refractivity contribution in [3.63, 3.8) is 0 Å². The molecule has 37 heavy (non-hydrogen) atoms. The molecule has 2 unspecified atom stereocenters. The molecule has 0 aliphatic carbocycles. The van der Waals surface area contributed by atoms with Gasteiger partial charge in [-0.2, -0.15) is 0 Å². The van der Waals surface area contributed by atoms with Gasteiger partial charge in [-0.15, -0.1) is 0 Å². The Kier molecular flexibility index (Phi) is 7.69. The van der Waals surface area contributed by atoms with Crippen molar-refractivity contribution in [3.8, 4) is 11.5 Å². The molecule has 8 heteroatoms. The first-order chi connectivity index (χ1) is 17.7. The summed E-state index contributed by atoms with van der Waals surface area (Å²) in [4.78, 5) is 42.3. The van der Waals surface area contributed by atoms with E-state index in [1.807, 2.05) is 0 Å². The molecule has 1 aliphatic rings. The lowest BCUT2D eigenvalue weighted by atomic mass is 9.67. The number of halogens is 1. The molecule has 3 aromatic carbocycles. The average molecular weight is 505 g/mol. The number of benzene rings is 3. The van der Waals surface area contributed by atoms with Gasteiger partial charge in [0.2, 0.25) is 5.91 Å². The van der Waals surface area contributed by atoms with Crippen molar-refractivity contribution >= 4 is 17.5 Å². The number of carbonyl (C=O) groups excluding carboxylic acids is 3.